The fourth-order valence-corrected chi connectivity index (χ4v) is 3.31. The number of hydrogen-bond donors (Lipinski definition) is 1. The second-order valence-corrected chi connectivity index (χ2v) is 8.66. The lowest BCUT2D eigenvalue weighted by molar-refractivity contribution is 0.578. The van der Waals surface area contributed by atoms with E-state index in [4.69, 9.17) is 5.73 Å². The van der Waals surface area contributed by atoms with E-state index in [0.717, 1.165) is 6.26 Å². The van der Waals surface area contributed by atoms with Crippen LogP contribution in [0.4, 0.5) is 10.2 Å². The number of anilines is 1. The molecule has 146 valence electrons. The summed E-state index contributed by atoms with van der Waals surface area (Å²) in [6.45, 7) is 3.68. The first-order valence-corrected chi connectivity index (χ1v) is 10.3. The Kier molecular flexibility index (Phi) is 5.03. The van der Waals surface area contributed by atoms with E-state index in [0.29, 0.717) is 11.1 Å². The van der Waals surface area contributed by atoms with Gasteiger partial charge in [-0.05, 0) is 44.2 Å². The zero-order chi connectivity index (χ0) is 20.6. The summed E-state index contributed by atoms with van der Waals surface area (Å²) in [5.74, 6) is -0.976. The lowest BCUT2D eigenvalue weighted by atomic mass is 10.1. The third kappa shape index (κ3) is 3.79. The van der Waals surface area contributed by atoms with Gasteiger partial charge in [-0.1, -0.05) is 0 Å². The molecule has 0 amide bonds. The molecule has 0 radical (unpaired) electrons. The highest BCUT2D eigenvalue weighted by atomic mass is 32.2. The van der Waals surface area contributed by atoms with Crippen molar-refractivity contribution in [2.24, 2.45) is 0 Å². The van der Waals surface area contributed by atoms with Crippen LogP contribution in [-0.4, -0.2) is 29.2 Å². The highest BCUT2D eigenvalue weighted by Gasteiger charge is 2.17. The number of pyridine rings is 1. The summed E-state index contributed by atoms with van der Waals surface area (Å²) in [7, 11) is -3.34. The second kappa shape index (κ2) is 7.16. The normalized spacial score (nSPS) is 11.8. The van der Waals surface area contributed by atoms with E-state index in [1.165, 1.54) is 47.2 Å². The van der Waals surface area contributed by atoms with Crippen molar-refractivity contribution in [1.29, 1.82) is 0 Å². The van der Waals surface area contributed by atoms with Gasteiger partial charge in [0.25, 0.3) is 5.56 Å². The lowest BCUT2D eigenvalue weighted by Gasteiger charge is -2.13. The van der Waals surface area contributed by atoms with Crippen molar-refractivity contribution in [2.75, 3.05) is 12.0 Å². The molecule has 3 aromatic rings. The van der Waals surface area contributed by atoms with E-state index in [1.807, 2.05) is 13.8 Å². The maximum Gasteiger partial charge on any atom is 0.250 e. The lowest BCUT2D eigenvalue weighted by Crippen LogP contribution is -2.20. The summed E-state index contributed by atoms with van der Waals surface area (Å²) < 4.78 is 39.3. The summed E-state index contributed by atoms with van der Waals surface area (Å²) >= 11 is 0. The van der Waals surface area contributed by atoms with E-state index in [1.54, 1.807) is 0 Å². The smallest absolute Gasteiger partial charge is 0.250 e. The average molecular weight is 402 g/mol. The Labute approximate surface area is 161 Å². The van der Waals surface area contributed by atoms with Gasteiger partial charge in [-0.3, -0.25) is 4.79 Å². The van der Waals surface area contributed by atoms with Crippen LogP contribution in [-0.2, 0) is 9.84 Å². The zero-order valence-electron chi connectivity index (χ0n) is 15.5. The summed E-state index contributed by atoms with van der Waals surface area (Å²) in [6.07, 6.45) is 2.63. The molecular formula is C19H19FN4O3S. The highest BCUT2D eigenvalue weighted by Crippen LogP contribution is 2.27. The molecule has 2 aromatic heterocycles. The minimum atomic E-state index is -3.34. The van der Waals surface area contributed by atoms with Crippen LogP contribution in [0.15, 0.2) is 52.3 Å². The molecule has 0 aliphatic rings. The first kappa shape index (κ1) is 19.7. The van der Waals surface area contributed by atoms with Crippen LogP contribution < -0.4 is 11.3 Å². The molecule has 0 saturated heterocycles. The number of nitrogens with zero attached hydrogens (tertiary/aromatic N) is 3. The molecule has 0 unspecified atom stereocenters. The third-order valence-electron chi connectivity index (χ3n) is 4.19. The van der Waals surface area contributed by atoms with Crippen LogP contribution in [0.25, 0.3) is 22.6 Å². The average Bonchev–Trinajstić information content (AvgIpc) is 2.63. The first-order chi connectivity index (χ1) is 13.1. The third-order valence-corrected chi connectivity index (χ3v) is 5.31. The summed E-state index contributed by atoms with van der Waals surface area (Å²) in [6, 6.07) is 8.61. The largest absolute Gasteiger partial charge is 0.381 e. The Bertz CT molecular complexity index is 1200. The molecule has 2 heterocycles. The Morgan fingerprint density at radius 3 is 2.21 bits per heavy atom. The van der Waals surface area contributed by atoms with Gasteiger partial charge in [0.15, 0.2) is 27.3 Å². The van der Waals surface area contributed by atoms with Gasteiger partial charge < -0.3 is 10.3 Å². The number of aromatic nitrogens is 3. The van der Waals surface area contributed by atoms with Crippen LogP contribution in [0.2, 0.25) is 0 Å². The summed E-state index contributed by atoms with van der Waals surface area (Å²) in [5.41, 5.74) is 6.35. The number of nitrogens with two attached hydrogens (primary N) is 1. The van der Waals surface area contributed by atoms with E-state index < -0.39 is 15.7 Å². The Balaban J connectivity index is 2.14. The highest BCUT2D eigenvalue weighted by molar-refractivity contribution is 7.90. The van der Waals surface area contributed by atoms with Crippen LogP contribution in [0, 0.1) is 5.82 Å². The second-order valence-electron chi connectivity index (χ2n) is 6.65. The van der Waals surface area contributed by atoms with Crippen LogP contribution >= 0.6 is 0 Å². The van der Waals surface area contributed by atoms with E-state index >= 15 is 0 Å². The number of nitrogen functional groups attached to an aromatic ring is 1. The topological polar surface area (TPSA) is 108 Å². The standard InChI is InChI=1S/C19H19FN4O3S/c1-11(2)24-10-13(6-9-15(24)25)17-16(20)18(21)23-19(22-17)12-4-7-14(8-5-12)28(3,26)27/h4-11H,1-3H3,(H2,21,22,23). The predicted octanol–water partition coefficient (Wildman–Crippen LogP) is 2.68. The zero-order valence-corrected chi connectivity index (χ0v) is 16.4. The van der Waals surface area contributed by atoms with Gasteiger partial charge in [-0.25, -0.2) is 22.8 Å². The van der Waals surface area contributed by atoms with E-state index in [-0.39, 0.29) is 33.8 Å². The molecule has 0 aliphatic heterocycles. The van der Waals surface area contributed by atoms with Crippen molar-refractivity contribution in [3.8, 4) is 22.6 Å². The number of hydrogen-bond acceptors (Lipinski definition) is 6. The molecular weight excluding hydrogens is 383 g/mol. The molecule has 0 atom stereocenters. The molecule has 0 aliphatic carbocycles. The number of sulfone groups is 1. The number of rotatable bonds is 4. The molecule has 9 heteroatoms. The molecule has 0 saturated carbocycles. The van der Waals surface area contributed by atoms with Gasteiger partial charge in [0.05, 0.1) is 4.90 Å². The van der Waals surface area contributed by atoms with Crippen molar-refractivity contribution >= 4 is 15.7 Å². The first-order valence-electron chi connectivity index (χ1n) is 8.44. The maximum atomic E-state index is 14.6. The van der Waals surface area contributed by atoms with Crippen LogP contribution in [0.3, 0.4) is 0 Å². The molecule has 28 heavy (non-hydrogen) atoms. The number of benzene rings is 1. The van der Waals surface area contributed by atoms with Gasteiger partial charge >= 0.3 is 0 Å². The molecule has 3 rings (SSSR count). The van der Waals surface area contributed by atoms with E-state index in [9.17, 15) is 17.6 Å². The maximum absolute atomic E-state index is 14.6. The Morgan fingerprint density at radius 1 is 1.04 bits per heavy atom. The minimum Gasteiger partial charge on any atom is -0.381 e. The molecule has 2 N–H and O–H groups in total. The summed E-state index contributed by atoms with van der Waals surface area (Å²) in [5, 5.41) is 0. The quantitative estimate of drug-likeness (QED) is 0.719. The van der Waals surface area contributed by atoms with Crippen LogP contribution in [0.5, 0.6) is 0 Å². The Hall–Kier alpha value is -3.07. The van der Waals surface area contributed by atoms with Gasteiger partial charge in [-0.15, -0.1) is 0 Å². The van der Waals surface area contributed by atoms with Gasteiger partial charge in [0.1, 0.15) is 5.69 Å². The SMILES string of the molecule is CC(C)n1cc(-c2nc(-c3ccc(S(C)(=O)=O)cc3)nc(N)c2F)ccc1=O. The molecule has 1 aromatic carbocycles. The molecule has 0 bridgehead atoms. The monoisotopic (exact) mass is 402 g/mol. The molecule has 0 spiro atoms. The summed E-state index contributed by atoms with van der Waals surface area (Å²) in [4.78, 5) is 20.3. The fourth-order valence-electron chi connectivity index (χ4n) is 2.68. The van der Waals surface area contributed by atoms with Gasteiger partial charge in [0, 0.05) is 35.7 Å². The minimum absolute atomic E-state index is 0.0379. The van der Waals surface area contributed by atoms with Crippen molar-refractivity contribution in [1.82, 2.24) is 14.5 Å². The molecule has 0 fully saturated rings. The van der Waals surface area contributed by atoms with Crippen molar-refractivity contribution < 1.29 is 12.8 Å². The molecule has 7 nitrogen and oxygen atoms in total. The predicted molar refractivity (Wildman–Crippen MR) is 105 cm³/mol. The van der Waals surface area contributed by atoms with Gasteiger partial charge in [0.2, 0.25) is 0 Å². The van der Waals surface area contributed by atoms with Crippen molar-refractivity contribution in [3.05, 3.63) is 58.8 Å². The van der Waals surface area contributed by atoms with Gasteiger partial charge in [-0.2, -0.15) is 0 Å². The fraction of sp³-hybridized carbons (Fsp3) is 0.211. The Morgan fingerprint density at radius 2 is 1.64 bits per heavy atom. The van der Waals surface area contributed by atoms with Crippen molar-refractivity contribution in [2.45, 2.75) is 24.8 Å². The van der Waals surface area contributed by atoms with E-state index in [2.05, 4.69) is 9.97 Å². The van der Waals surface area contributed by atoms with Crippen molar-refractivity contribution in [3.63, 3.8) is 0 Å². The van der Waals surface area contributed by atoms with Crippen LogP contribution in [0.1, 0.15) is 19.9 Å². The number of halogens is 1.